The molecule has 0 saturated carbocycles. The quantitative estimate of drug-likeness (QED) is 0.817. The van der Waals surface area contributed by atoms with E-state index in [0.717, 1.165) is 16.1 Å². The van der Waals surface area contributed by atoms with Crippen LogP contribution in [0.25, 0.3) is 0 Å². The first-order valence-electron chi connectivity index (χ1n) is 6.50. The standard InChI is InChI=1S/C16H16BrClFNO/c1-20-15(7-10-5-3-4-6-13(10)18)11-8-12(17)14(19)9-16(11)21-2/h3-6,8-9,15,20H,7H2,1-2H3. The topological polar surface area (TPSA) is 21.3 Å². The molecule has 0 aliphatic carbocycles. The van der Waals surface area contributed by atoms with Gasteiger partial charge in [0.15, 0.2) is 0 Å². The van der Waals surface area contributed by atoms with Gasteiger partial charge < -0.3 is 10.1 Å². The van der Waals surface area contributed by atoms with E-state index in [1.807, 2.05) is 31.3 Å². The van der Waals surface area contributed by atoms with Crippen molar-refractivity contribution in [2.75, 3.05) is 14.2 Å². The average Bonchev–Trinajstić information content (AvgIpc) is 2.49. The van der Waals surface area contributed by atoms with E-state index < -0.39 is 0 Å². The summed E-state index contributed by atoms with van der Waals surface area (Å²) in [4.78, 5) is 0. The third-order valence-corrected chi connectivity index (χ3v) is 4.35. The molecule has 21 heavy (non-hydrogen) atoms. The highest BCUT2D eigenvalue weighted by atomic mass is 79.9. The normalized spacial score (nSPS) is 12.2. The molecule has 0 spiro atoms. The van der Waals surface area contributed by atoms with Crippen LogP contribution >= 0.6 is 27.5 Å². The molecule has 0 aliphatic heterocycles. The molecule has 5 heteroatoms. The third-order valence-electron chi connectivity index (χ3n) is 3.38. The molecule has 1 N–H and O–H groups in total. The predicted octanol–water partition coefficient (Wildman–Crippen LogP) is 4.75. The van der Waals surface area contributed by atoms with E-state index in [4.69, 9.17) is 16.3 Å². The summed E-state index contributed by atoms with van der Waals surface area (Å²) < 4.78 is 19.3. The molecule has 2 aromatic carbocycles. The monoisotopic (exact) mass is 371 g/mol. The van der Waals surface area contributed by atoms with Gasteiger partial charge in [-0.2, -0.15) is 0 Å². The van der Waals surface area contributed by atoms with Crippen molar-refractivity contribution in [1.82, 2.24) is 5.32 Å². The average molecular weight is 373 g/mol. The van der Waals surface area contributed by atoms with E-state index >= 15 is 0 Å². The van der Waals surface area contributed by atoms with Crippen molar-refractivity contribution in [3.8, 4) is 5.75 Å². The molecule has 0 fully saturated rings. The number of halogens is 3. The Bertz CT molecular complexity index is 636. The van der Waals surface area contributed by atoms with Crippen molar-refractivity contribution < 1.29 is 9.13 Å². The fourth-order valence-electron chi connectivity index (χ4n) is 2.24. The first-order chi connectivity index (χ1) is 10.1. The summed E-state index contributed by atoms with van der Waals surface area (Å²) in [7, 11) is 3.40. The van der Waals surface area contributed by atoms with Crippen molar-refractivity contribution in [3.05, 3.63) is 62.8 Å². The highest BCUT2D eigenvalue weighted by molar-refractivity contribution is 9.10. The lowest BCUT2D eigenvalue weighted by atomic mass is 9.98. The van der Waals surface area contributed by atoms with Crippen molar-refractivity contribution >= 4 is 27.5 Å². The fraction of sp³-hybridized carbons (Fsp3) is 0.250. The van der Waals surface area contributed by atoms with Gasteiger partial charge in [0, 0.05) is 22.7 Å². The maximum atomic E-state index is 13.6. The highest BCUT2D eigenvalue weighted by Gasteiger charge is 2.18. The number of ether oxygens (including phenoxy) is 1. The van der Waals surface area contributed by atoms with E-state index in [0.29, 0.717) is 16.6 Å². The summed E-state index contributed by atoms with van der Waals surface area (Å²) in [6, 6.07) is 10.8. The lowest BCUT2D eigenvalue weighted by molar-refractivity contribution is 0.397. The van der Waals surface area contributed by atoms with Gasteiger partial charge in [0.1, 0.15) is 11.6 Å². The zero-order valence-electron chi connectivity index (χ0n) is 11.8. The molecule has 2 nitrogen and oxygen atoms in total. The van der Waals surface area contributed by atoms with Gasteiger partial charge in [-0.1, -0.05) is 29.8 Å². The molecule has 1 unspecified atom stereocenters. The van der Waals surface area contributed by atoms with Crippen LogP contribution in [0.2, 0.25) is 5.02 Å². The lowest BCUT2D eigenvalue weighted by Gasteiger charge is -2.20. The van der Waals surface area contributed by atoms with E-state index in [2.05, 4.69) is 21.2 Å². The highest BCUT2D eigenvalue weighted by Crippen LogP contribution is 2.33. The summed E-state index contributed by atoms with van der Waals surface area (Å²) in [6.07, 6.45) is 0.685. The molecule has 2 rings (SSSR count). The number of nitrogens with one attached hydrogen (secondary N) is 1. The zero-order valence-corrected chi connectivity index (χ0v) is 14.1. The number of likely N-dealkylation sites (N-methyl/N-ethyl adjacent to an activating group) is 1. The van der Waals surface area contributed by atoms with Gasteiger partial charge in [-0.3, -0.25) is 0 Å². The minimum Gasteiger partial charge on any atom is -0.496 e. The summed E-state index contributed by atoms with van der Waals surface area (Å²) in [5.41, 5.74) is 1.91. The SMILES string of the molecule is CNC(Cc1ccccc1Cl)c1cc(Br)c(F)cc1OC. The fourth-order valence-corrected chi connectivity index (χ4v) is 2.82. The third kappa shape index (κ3) is 3.76. The Kier molecular flexibility index (Phi) is 5.62. The van der Waals surface area contributed by atoms with E-state index in [1.54, 1.807) is 6.07 Å². The van der Waals surface area contributed by atoms with Gasteiger partial charge >= 0.3 is 0 Å². The molecule has 0 saturated heterocycles. The summed E-state index contributed by atoms with van der Waals surface area (Å²) in [5.74, 6) is 0.172. The molecule has 0 heterocycles. The minimum absolute atomic E-state index is 0.0308. The van der Waals surface area contributed by atoms with Crippen LogP contribution in [-0.2, 0) is 6.42 Å². The van der Waals surface area contributed by atoms with E-state index in [9.17, 15) is 4.39 Å². The van der Waals surface area contributed by atoms with Crippen LogP contribution in [-0.4, -0.2) is 14.2 Å². The molecular weight excluding hydrogens is 357 g/mol. The van der Waals surface area contributed by atoms with Gasteiger partial charge in [-0.15, -0.1) is 0 Å². The Labute approximate surface area is 137 Å². The van der Waals surface area contributed by atoms with Gasteiger partial charge in [0.25, 0.3) is 0 Å². The van der Waals surface area contributed by atoms with Crippen molar-refractivity contribution in [2.45, 2.75) is 12.5 Å². The molecule has 0 aromatic heterocycles. The molecule has 112 valence electrons. The number of methoxy groups -OCH3 is 1. The Hall–Kier alpha value is -1.10. The van der Waals surface area contributed by atoms with Crippen molar-refractivity contribution in [1.29, 1.82) is 0 Å². The Morgan fingerprint density at radius 1 is 1.33 bits per heavy atom. The maximum Gasteiger partial charge on any atom is 0.141 e. The van der Waals surface area contributed by atoms with Crippen LogP contribution in [0.4, 0.5) is 4.39 Å². The first-order valence-corrected chi connectivity index (χ1v) is 7.67. The van der Waals surface area contributed by atoms with Crippen LogP contribution in [0.1, 0.15) is 17.2 Å². The maximum absolute atomic E-state index is 13.6. The molecule has 0 radical (unpaired) electrons. The van der Waals surface area contributed by atoms with Gasteiger partial charge in [-0.05, 0) is 47.1 Å². The number of hydrogen-bond donors (Lipinski definition) is 1. The second-order valence-corrected chi connectivity index (χ2v) is 5.91. The van der Waals surface area contributed by atoms with E-state index in [-0.39, 0.29) is 11.9 Å². The first kappa shape index (κ1) is 16.3. The van der Waals surface area contributed by atoms with Gasteiger partial charge in [-0.25, -0.2) is 4.39 Å². The van der Waals surface area contributed by atoms with Gasteiger partial charge in [0.05, 0.1) is 11.6 Å². The van der Waals surface area contributed by atoms with Crippen molar-refractivity contribution in [2.24, 2.45) is 0 Å². The van der Waals surface area contributed by atoms with Crippen LogP contribution in [0.5, 0.6) is 5.75 Å². The van der Waals surface area contributed by atoms with Crippen LogP contribution < -0.4 is 10.1 Å². The van der Waals surface area contributed by atoms with Crippen molar-refractivity contribution in [3.63, 3.8) is 0 Å². The zero-order chi connectivity index (χ0) is 15.4. The summed E-state index contributed by atoms with van der Waals surface area (Å²) >= 11 is 9.44. The Morgan fingerprint density at radius 3 is 2.67 bits per heavy atom. The number of rotatable bonds is 5. The summed E-state index contributed by atoms with van der Waals surface area (Å²) in [6.45, 7) is 0. The van der Waals surface area contributed by atoms with Crippen LogP contribution in [0, 0.1) is 5.82 Å². The smallest absolute Gasteiger partial charge is 0.141 e. The van der Waals surface area contributed by atoms with Crippen LogP contribution in [0.3, 0.4) is 0 Å². The predicted molar refractivity (Wildman–Crippen MR) is 87.6 cm³/mol. The molecular formula is C16H16BrClFNO. The molecule has 2 aromatic rings. The number of benzene rings is 2. The second-order valence-electron chi connectivity index (χ2n) is 4.65. The van der Waals surface area contributed by atoms with Gasteiger partial charge in [0.2, 0.25) is 0 Å². The number of hydrogen-bond acceptors (Lipinski definition) is 2. The lowest BCUT2D eigenvalue weighted by Crippen LogP contribution is -2.20. The molecule has 0 amide bonds. The Balaban J connectivity index is 2.38. The van der Waals surface area contributed by atoms with E-state index in [1.165, 1.54) is 13.2 Å². The molecule has 1 atom stereocenters. The van der Waals surface area contributed by atoms with Crippen LogP contribution in [0.15, 0.2) is 40.9 Å². The Morgan fingerprint density at radius 2 is 2.05 bits per heavy atom. The minimum atomic E-state index is -0.344. The molecule has 0 bridgehead atoms. The largest absolute Gasteiger partial charge is 0.496 e. The summed E-state index contributed by atoms with van der Waals surface area (Å²) in [5, 5.41) is 3.95. The second kappa shape index (κ2) is 7.25. The molecule has 0 aliphatic rings.